The molecule has 2 rings (SSSR count). The monoisotopic (exact) mass is 265 g/mol. The second kappa shape index (κ2) is 5.33. The SMILES string of the molecule is CCCN1CC(n2cc(C)c(=O)n(C)c2=O)CC1C. The lowest BCUT2D eigenvalue weighted by molar-refractivity contribution is 0.264. The maximum atomic E-state index is 12.2. The van der Waals surface area contributed by atoms with Gasteiger partial charge in [-0.1, -0.05) is 6.92 Å². The van der Waals surface area contributed by atoms with Gasteiger partial charge in [-0.15, -0.1) is 0 Å². The molecule has 0 aliphatic carbocycles. The molecule has 1 saturated heterocycles. The maximum Gasteiger partial charge on any atom is 0.331 e. The number of rotatable bonds is 3. The Morgan fingerprint density at radius 1 is 1.37 bits per heavy atom. The fourth-order valence-electron chi connectivity index (χ4n) is 2.97. The van der Waals surface area contributed by atoms with Crippen LogP contribution in [0.15, 0.2) is 15.8 Å². The second-order valence-corrected chi connectivity index (χ2v) is 5.60. The topological polar surface area (TPSA) is 47.2 Å². The highest BCUT2D eigenvalue weighted by Crippen LogP contribution is 2.25. The van der Waals surface area contributed by atoms with E-state index in [2.05, 4.69) is 18.7 Å². The van der Waals surface area contributed by atoms with E-state index in [1.54, 1.807) is 24.7 Å². The zero-order valence-electron chi connectivity index (χ0n) is 12.2. The first-order chi connectivity index (χ1) is 8.95. The zero-order chi connectivity index (χ0) is 14.2. The predicted molar refractivity (Wildman–Crippen MR) is 75.7 cm³/mol. The van der Waals surface area contributed by atoms with Crippen LogP contribution in [0.4, 0.5) is 0 Å². The van der Waals surface area contributed by atoms with Crippen LogP contribution in [0.1, 0.15) is 38.3 Å². The van der Waals surface area contributed by atoms with E-state index in [4.69, 9.17) is 0 Å². The third-order valence-electron chi connectivity index (χ3n) is 4.07. The predicted octanol–water partition coefficient (Wildman–Crippen LogP) is 0.901. The fourth-order valence-corrected chi connectivity index (χ4v) is 2.97. The smallest absolute Gasteiger partial charge is 0.299 e. The van der Waals surface area contributed by atoms with Crippen LogP contribution < -0.4 is 11.2 Å². The fraction of sp³-hybridized carbons (Fsp3) is 0.714. The van der Waals surface area contributed by atoms with E-state index in [0.29, 0.717) is 11.6 Å². The highest BCUT2D eigenvalue weighted by Gasteiger charge is 2.30. The molecule has 0 bridgehead atoms. The number of likely N-dealkylation sites (tertiary alicyclic amines) is 1. The van der Waals surface area contributed by atoms with Gasteiger partial charge in [0.2, 0.25) is 0 Å². The minimum Gasteiger partial charge on any atom is -0.299 e. The molecule has 0 saturated carbocycles. The molecule has 2 unspecified atom stereocenters. The summed E-state index contributed by atoms with van der Waals surface area (Å²) in [6, 6.07) is 0.675. The largest absolute Gasteiger partial charge is 0.331 e. The summed E-state index contributed by atoms with van der Waals surface area (Å²) in [6.45, 7) is 8.10. The van der Waals surface area contributed by atoms with Crippen molar-refractivity contribution in [3.63, 3.8) is 0 Å². The summed E-state index contributed by atoms with van der Waals surface area (Å²) in [6.07, 6.45) is 3.81. The normalized spacial score (nSPS) is 24.0. The summed E-state index contributed by atoms with van der Waals surface area (Å²) in [7, 11) is 1.55. The maximum absolute atomic E-state index is 12.2. The molecule has 19 heavy (non-hydrogen) atoms. The van der Waals surface area contributed by atoms with Gasteiger partial charge in [-0.3, -0.25) is 18.8 Å². The van der Waals surface area contributed by atoms with Crippen molar-refractivity contribution in [2.45, 2.75) is 45.7 Å². The Kier molecular flexibility index (Phi) is 3.94. The third-order valence-corrected chi connectivity index (χ3v) is 4.07. The van der Waals surface area contributed by atoms with Crippen LogP contribution in [-0.4, -0.2) is 33.2 Å². The van der Waals surface area contributed by atoms with Crippen LogP contribution in [-0.2, 0) is 7.05 Å². The molecule has 2 atom stereocenters. The molecular formula is C14H23N3O2. The molecule has 2 heterocycles. The summed E-state index contributed by atoms with van der Waals surface area (Å²) >= 11 is 0. The summed E-state index contributed by atoms with van der Waals surface area (Å²) in [4.78, 5) is 26.3. The Morgan fingerprint density at radius 2 is 2.05 bits per heavy atom. The van der Waals surface area contributed by atoms with Gasteiger partial charge in [-0.25, -0.2) is 4.79 Å². The average Bonchev–Trinajstić information content (AvgIpc) is 2.73. The van der Waals surface area contributed by atoms with E-state index in [0.717, 1.165) is 25.9 Å². The van der Waals surface area contributed by atoms with Crippen molar-refractivity contribution in [1.29, 1.82) is 0 Å². The highest BCUT2D eigenvalue weighted by molar-refractivity contribution is 5.04. The Labute approximate surface area is 113 Å². The van der Waals surface area contributed by atoms with Crippen LogP contribution in [0.2, 0.25) is 0 Å². The van der Waals surface area contributed by atoms with Crippen LogP contribution in [0.25, 0.3) is 0 Å². The van der Waals surface area contributed by atoms with Gasteiger partial charge in [-0.05, 0) is 33.2 Å². The molecule has 0 N–H and O–H groups in total. The van der Waals surface area contributed by atoms with Gasteiger partial charge in [0.15, 0.2) is 0 Å². The van der Waals surface area contributed by atoms with Gasteiger partial charge < -0.3 is 0 Å². The molecule has 0 spiro atoms. The summed E-state index contributed by atoms with van der Waals surface area (Å²) in [5.74, 6) is 0. The van der Waals surface area contributed by atoms with Gasteiger partial charge in [0.25, 0.3) is 5.56 Å². The molecule has 1 fully saturated rings. The van der Waals surface area contributed by atoms with E-state index >= 15 is 0 Å². The van der Waals surface area contributed by atoms with E-state index in [9.17, 15) is 9.59 Å². The number of hydrogen-bond acceptors (Lipinski definition) is 3. The standard InChI is InChI=1S/C14H23N3O2/c1-5-6-16-9-12(7-11(16)3)17-8-10(2)13(18)15(4)14(17)19/h8,11-12H,5-7,9H2,1-4H3. The molecule has 1 aliphatic rings. The first-order valence-corrected chi connectivity index (χ1v) is 6.98. The van der Waals surface area contributed by atoms with Crippen LogP contribution in [0, 0.1) is 6.92 Å². The van der Waals surface area contributed by atoms with Gasteiger partial charge in [0.05, 0.1) is 6.04 Å². The van der Waals surface area contributed by atoms with Crippen LogP contribution in [0.3, 0.4) is 0 Å². The Hall–Kier alpha value is -1.36. The van der Waals surface area contributed by atoms with Gasteiger partial charge in [0.1, 0.15) is 0 Å². The van der Waals surface area contributed by atoms with E-state index in [-0.39, 0.29) is 17.3 Å². The molecule has 0 amide bonds. The summed E-state index contributed by atoms with van der Waals surface area (Å²) < 4.78 is 2.95. The van der Waals surface area contributed by atoms with E-state index in [1.165, 1.54) is 4.57 Å². The highest BCUT2D eigenvalue weighted by atomic mass is 16.2. The Morgan fingerprint density at radius 3 is 2.68 bits per heavy atom. The lowest BCUT2D eigenvalue weighted by Gasteiger charge is -2.19. The molecule has 0 radical (unpaired) electrons. The summed E-state index contributed by atoms with van der Waals surface area (Å²) in [5, 5.41) is 0. The molecule has 106 valence electrons. The van der Waals surface area contributed by atoms with Gasteiger partial charge in [0, 0.05) is 31.4 Å². The summed E-state index contributed by atoms with van der Waals surface area (Å²) in [5.41, 5.74) is 0.229. The molecule has 1 aromatic rings. The Balaban J connectivity index is 2.35. The number of aromatic nitrogens is 2. The lowest BCUT2D eigenvalue weighted by Crippen LogP contribution is -2.40. The Bertz CT molecular complexity index is 573. The third kappa shape index (κ3) is 2.52. The van der Waals surface area contributed by atoms with Crippen molar-refractivity contribution in [3.8, 4) is 0 Å². The number of aryl methyl sites for hydroxylation is 1. The first kappa shape index (κ1) is 14.1. The number of hydrogen-bond donors (Lipinski definition) is 0. The zero-order valence-corrected chi connectivity index (χ0v) is 12.2. The molecule has 5 nitrogen and oxygen atoms in total. The molecule has 0 aromatic carbocycles. The van der Waals surface area contributed by atoms with Gasteiger partial charge >= 0.3 is 5.69 Å². The van der Waals surface area contributed by atoms with Crippen LogP contribution >= 0.6 is 0 Å². The minimum absolute atomic E-state index is 0.180. The average molecular weight is 265 g/mol. The van der Waals surface area contributed by atoms with Crippen molar-refractivity contribution in [2.24, 2.45) is 7.05 Å². The molecule has 1 aliphatic heterocycles. The second-order valence-electron chi connectivity index (χ2n) is 5.60. The van der Waals surface area contributed by atoms with Gasteiger partial charge in [-0.2, -0.15) is 0 Å². The van der Waals surface area contributed by atoms with E-state index in [1.807, 2.05) is 0 Å². The van der Waals surface area contributed by atoms with Crippen molar-refractivity contribution in [2.75, 3.05) is 13.1 Å². The van der Waals surface area contributed by atoms with E-state index < -0.39 is 0 Å². The minimum atomic E-state index is -0.203. The molecular weight excluding hydrogens is 242 g/mol. The van der Waals surface area contributed by atoms with Crippen molar-refractivity contribution in [3.05, 3.63) is 32.6 Å². The van der Waals surface area contributed by atoms with Crippen molar-refractivity contribution in [1.82, 2.24) is 14.0 Å². The van der Waals surface area contributed by atoms with Crippen molar-refractivity contribution >= 4 is 0 Å². The quantitative estimate of drug-likeness (QED) is 0.816. The molecule has 1 aromatic heterocycles. The number of nitrogens with zero attached hydrogens (tertiary/aromatic N) is 3. The lowest BCUT2D eigenvalue weighted by atomic mass is 10.2. The molecule has 5 heteroatoms. The first-order valence-electron chi connectivity index (χ1n) is 6.98. The van der Waals surface area contributed by atoms with Crippen LogP contribution in [0.5, 0.6) is 0 Å². The van der Waals surface area contributed by atoms with Crippen molar-refractivity contribution < 1.29 is 0 Å².